The van der Waals surface area contributed by atoms with Crippen molar-refractivity contribution in [2.45, 2.75) is 6.18 Å². The van der Waals surface area contributed by atoms with E-state index in [0.717, 1.165) is 18.3 Å². The Balaban J connectivity index is 2.12. The molecule has 0 aliphatic rings. The van der Waals surface area contributed by atoms with Crippen LogP contribution in [0.25, 0.3) is 0 Å². The molecule has 20 heavy (non-hydrogen) atoms. The van der Waals surface area contributed by atoms with E-state index in [1.165, 1.54) is 18.3 Å². The van der Waals surface area contributed by atoms with Gasteiger partial charge < -0.3 is 10.3 Å². The summed E-state index contributed by atoms with van der Waals surface area (Å²) in [5, 5.41) is 2.37. The first-order valence-corrected chi connectivity index (χ1v) is 5.39. The molecule has 0 bridgehead atoms. The van der Waals surface area contributed by atoms with Gasteiger partial charge in [-0.15, -0.1) is 0 Å². The summed E-state index contributed by atoms with van der Waals surface area (Å²) in [4.78, 5) is 28.1. The Labute approximate surface area is 110 Å². The molecular formula is C12H8F3N3O2. The number of amides is 1. The Bertz CT molecular complexity index is 657. The molecule has 0 radical (unpaired) electrons. The van der Waals surface area contributed by atoms with Crippen LogP contribution in [0.4, 0.5) is 18.9 Å². The van der Waals surface area contributed by atoms with Gasteiger partial charge in [0.05, 0.1) is 17.4 Å². The normalized spacial score (nSPS) is 11.2. The predicted octanol–water partition coefficient (Wildman–Crippen LogP) is 2.04. The van der Waals surface area contributed by atoms with Crippen LogP contribution in [0.1, 0.15) is 16.1 Å². The summed E-state index contributed by atoms with van der Waals surface area (Å²) in [6.45, 7) is 0. The molecule has 0 saturated carbocycles. The van der Waals surface area contributed by atoms with Crippen LogP contribution in [0.3, 0.4) is 0 Å². The summed E-state index contributed by atoms with van der Waals surface area (Å²) in [7, 11) is 0. The van der Waals surface area contributed by atoms with Crippen molar-refractivity contribution >= 4 is 11.6 Å². The highest BCUT2D eigenvalue weighted by Crippen LogP contribution is 2.27. The highest BCUT2D eigenvalue weighted by atomic mass is 19.4. The van der Waals surface area contributed by atoms with E-state index in [1.807, 2.05) is 0 Å². The van der Waals surface area contributed by atoms with Crippen molar-refractivity contribution in [3.8, 4) is 0 Å². The fourth-order valence-corrected chi connectivity index (χ4v) is 1.39. The lowest BCUT2D eigenvalue weighted by Crippen LogP contribution is -2.15. The second-order valence-electron chi connectivity index (χ2n) is 3.83. The van der Waals surface area contributed by atoms with Crippen LogP contribution in [0.15, 0.2) is 41.5 Å². The lowest BCUT2D eigenvalue weighted by Gasteiger charge is -2.07. The minimum atomic E-state index is -4.53. The van der Waals surface area contributed by atoms with Crippen molar-refractivity contribution in [3.63, 3.8) is 0 Å². The molecule has 0 aliphatic carbocycles. The van der Waals surface area contributed by atoms with E-state index >= 15 is 0 Å². The standard InChI is InChI=1S/C12H8F3N3O2/c13-12(14,15)9-3-2-8(6-16-9)18-11(20)7-1-4-10(19)17-5-7/h1-6H,(H,17,19)(H,18,20). The fraction of sp³-hybridized carbons (Fsp3) is 0.0833. The Morgan fingerprint density at radius 3 is 2.45 bits per heavy atom. The third-order valence-corrected chi connectivity index (χ3v) is 2.36. The highest BCUT2D eigenvalue weighted by Gasteiger charge is 2.32. The molecule has 0 unspecified atom stereocenters. The van der Waals surface area contributed by atoms with E-state index in [0.29, 0.717) is 0 Å². The van der Waals surface area contributed by atoms with Crippen molar-refractivity contribution in [2.75, 3.05) is 5.32 Å². The number of pyridine rings is 2. The molecule has 104 valence electrons. The van der Waals surface area contributed by atoms with Crippen LogP contribution in [0.5, 0.6) is 0 Å². The molecule has 0 aromatic carbocycles. The number of carbonyl (C=O) groups is 1. The fourth-order valence-electron chi connectivity index (χ4n) is 1.39. The number of nitrogens with one attached hydrogen (secondary N) is 2. The van der Waals surface area contributed by atoms with E-state index in [1.54, 1.807) is 0 Å². The van der Waals surface area contributed by atoms with Crippen molar-refractivity contribution in [3.05, 3.63) is 58.3 Å². The largest absolute Gasteiger partial charge is 0.433 e. The van der Waals surface area contributed by atoms with Gasteiger partial charge in [0.2, 0.25) is 5.56 Å². The van der Waals surface area contributed by atoms with E-state index in [2.05, 4.69) is 15.3 Å². The first-order chi connectivity index (χ1) is 9.36. The highest BCUT2D eigenvalue weighted by molar-refractivity contribution is 6.03. The summed E-state index contributed by atoms with van der Waals surface area (Å²) in [6.07, 6.45) is -2.41. The zero-order valence-corrected chi connectivity index (χ0v) is 9.86. The lowest BCUT2D eigenvalue weighted by atomic mass is 10.2. The Hall–Kier alpha value is -2.64. The molecule has 2 rings (SSSR count). The molecule has 0 atom stereocenters. The van der Waals surface area contributed by atoms with Crippen molar-refractivity contribution in [1.82, 2.24) is 9.97 Å². The number of H-pyrrole nitrogens is 1. The van der Waals surface area contributed by atoms with Crippen LogP contribution < -0.4 is 10.9 Å². The molecule has 2 aromatic rings. The molecular weight excluding hydrogens is 275 g/mol. The van der Waals surface area contributed by atoms with Crippen LogP contribution >= 0.6 is 0 Å². The number of hydrogen-bond acceptors (Lipinski definition) is 3. The van der Waals surface area contributed by atoms with Crippen LogP contribution in [-0.4, -0.2) is 15.9 Å². The third-order valence-electron chi connectivity index (χ3n) is 2.36. The second kappa shape index (κ2) is 5.16. The number of hydrogen-bond donors (Lipinski definition) is 2. The van der Waals surface area contributed by atoms with Gasteiger partial charge in [0.25, 0.3) is 5.91 Å². The Morgan fingerprint density at radius 1 is 1.20 bits per heavy atom. The van der Waals surface area contributed by atoms with Gasteiger partial charge in [-0.2, -0.15) is 13.2 Å². The first kappa shape index (κ1) is 13.8. The van der Waals surface area contributed by atoms with Gasteiger partial charge in [-0.05, 0) is 18.2 Å². The molecule has 2 aromatic heterocycles. The quantitative estimate of drug-likeness (QED) is 0.885. The van der Waals surface area contributed by atoms with Gasteiger partial charge >= 0.3 is 6.18 Å². The zero-order valence-electron chi connectivity index (χ0n) is 9.86. The van der Waals surface area contributed by atoms with Crippen LogP contribution in [-0.2, 0) is 6.18 Å². The Kier molecular flexibility index (Phi) is 3.55. The molecule has 0 spiro atoms. The zero-order chi connectivity index (χ0) is 14.8. The van der Waals surface area contributed by atoms with Gasteiger partial charge in [0, 0.05) is 12.3 Å². The molecule has 0 fully saturated rings. The number of alkyl halides is 3. The average molecular weight is 283 g/mol. The van der Waals surface area contributed by atoms with Gasteiger partial charge in [-0.25, -0.2) is 4.98 Å². The second-order valence-corrected chi connectivity index (χ2v) is 3.83. The minimum Gasteiger partial charge on any atom is -0.328 e. The number of rotatable bonds is 2. The monoisotopic (exact) mass is 283 g/mol. The smallest absolute Gasteiger partial charge is 0.328 e. The van der Waals surface area contributed by atoms with Gasteiger partial charge in [0.1, 0.15) is 5.69 Å². The summed E-state index contributed by atoms with van der Waals surface area (Å²) in [5.41, 5.74) is -1.11. The van der Waals surface area contributed by atoms with E-state index in [9.17, 15) is 22.8 Å². The molecule has 1 amide bonds. The summed E-state index contributed by atoms with van der Waals surface area (Å²) >= 11 is 0. The van der Waals surface area contributed by atoms with Gasteiger partial charge in [-0.3, -0.25) is 9.59 Å². The van der Waals surface area contributed by atoms with Gasteiger partial charge in [-0.1, -0.05) is 0 Å². The molecule has 2 N–H and O–H groups in total. The van der Waals surface area contributed by atoms with Gasteiger partial charge in [0.15, 0.2) is 0 Å². The summed E-state index contributed by atoms with van der Waals surface area (Å²) in [6, 6.07) is 4.33. The number of halogens is 3. The SMILES string of the molecule is O=C(Nc1ccc(C(F)(F)F)nc1)c1ccc(=O)[nH]c1. The molecule has 0 saturated heterocycles. The van der Waals surface area contributed by atoms with Crippen LogP contribution in [0, 0.1) is 0 Å². The molecule has 2 heterocycles. The van der Waals surface area contributed by atoms with Crippen LogP contribution in [0.2, 0.25) is 0 Å². The average Bonchev–Trinajstić information content (AvgIpc) is 2.39. The lowest BCUT2D eigenvalue weighted by molar-refractivity contribution is -0.141. The topological polar surface area (TPSA) is 74.8 Å². The molecule has 8 heteroatoms. The maximum Gasteiger partial charge on any atom is 0.433 e. The number of nitrogens with zero attached hydrogens (tertiary/aromatic N) is 1. The molecule has 0 aliphatic heterocycles. The van der Waals surface area contributed by atoms with E-state index in [4.69, 9.17) is 0 Å². The number of anilines is 1. The number of carbonyl (C=O) groups excluding carboxylic acids is 1. The summed E-state index contributed by atoms with van der Waals surface area (Å²) in [5.74, 6) is -0.567. The summed E-state index contributed by atoms with van der Waals surface area (Å²) < 4.78 is 36.9. The van der Waals surface area contributed by atoms with Crippen molar-refractivity contribution in [2.24, 2.45) is 0 Å². The third kappa shape index (κ3) is 3.22. The molecule has 5 nitrogen and oxygen atoms in total. The Morgan fingerprint density at radius 2 is 1.95 bits per heavy atom. The predicted molar refractivity (Wildman–Crippen MR) is 64.3 cm³/mol. The first-order valence-electron chi connectivity index (χ1n) is 5.39. The van der Waals surface area contributed by atoms with E-state index in [-0.39, 0.29) is 16.8 Å². The van der Waals surface area contributed by atoms with Crippen molar-refractivity contribution in [1.29, 1.82) is 0 Å². The number of aromatic amines is 1. The maximum atomic E-state index is 12.3. The van der Waals surface area contributed by atoms with E-state index < -0.39 is 17.8 Å². The minimum absolute atomic E-state index is 0.120. The van der Waals surface area contributed by atoms with Crippen molar-refractivity contribution < 1.29 is 18.0 Å². The maximum absolute atomic E-state index is 12.3. The number of aromatic nitrogens is 2.